The van der Waals surface area contributed by atoms with Crippen LogP contribution in [-0.4, -0.2) is 0 Å². The molecule has 0 spiro atoms. The largest absolute Gasteiger partial charge is 0.457 e. The number of benzene rings is 2. The number of hydrogen-bond donors (Lipinski definition) is 0. The highest BCUT2D eigenvalue weighted by Gasteiger charge is 2.03. The number of hydrogen-bond acceptors (Lipinski definition) is 2. The van der Waals surface area contributed by atoms with Gasteiger partial charge >= 0.3 is 0 Å². The average molecular weight is 248 g/mol. The van der Waals surface area contributed by atoms with Crippen LogP contribution < -0.4 is 4.74 Å². The highest BCUT2D eigenvalue weighted by atomic mass is 35.5. The standard InChI is InChI=1S/C13H7ClFNO/c14-12-7-11(4-5-13(12)15)17-10-3-1-2-9(6-10)8-16/h1-7H. The molecule has 0 aliphatic heterocycles. The minimum absolute atomic E-state index is 0.000984. The Morgan fingerprint density at radius 2 is 1.88 bits per heavy atom. The van der Waals surface area contributed by atoms with Gasteiger partial charge in [-0.1, -0.05) is 17.7 Å². The van der Waals surface area contributed by atoms with Crippen molar-refractivity contribution in [3.05, 3.63) is 58.9 Å². The molecule has 0 aliphatic rings. The van der Waals surface area contributed by atoms with Gasteiger partial charge in [-0.3, -0.25) is 0 Å². The fourth-order valence-corrected chi connectivity index (χ4v) is 1.48. The third kappa shape index (κ3) is 2.74. The summed E-state index contributed by atoms with van der Waals surface area (Å²) in [6.07, 6.45) is 0. The third-order valence-corrected chi connectivity index (χ3v) is 2.38. The van der Waals surface area contributed by atoms with Crippen LogP contribution in [-0.2, 0) is 0 Å². The predicted molar refractivity (Wildman–Crippen MR) is 62.6 cm³/mol. The Balaban J connectivity index is 2.25. The van der Waals surface area contributed by atoms with Gasteiger partial charge in [0, 0.05) is 6.07 Å². The lowest BCUT2D eigenvalue weighted by Crippen LogP contribution is -1.86. The summed E-state index contributed by atoms with van der Waals surface area (Å²) in [5, 5.41) is 8.73. The van der Waals surface area contributed by atoms with Crippen molar-refractivity contribution in [2.75, 3.05) is 0 Å². The summed E-state index contributed by atoms with van der Waals surface area (Å²) in [6, 6.07) is 12.8. The van der Waals surface area contributed by atoms with Crippen molar-refractivity contribution < 1.29 is 9.13 Å². The minimum Gasteiger partial charge on any atom is -0.457 e. The van der Waals surface area contributed by atoms with Crippen LogP contribution in [0.25, 0.3) is 0 Å². The molecule has 0 heterocycles. The Hall–Kier alpha value is -2.05. The summed E-state index contributed by atoms with van der Waals surface area (Å²) >= 11 is 5.63. The fourth-order valence-electron chi connectivity index (χ4n) is 1.31. The summed E-state index contributed by atoms with van der Waals surface area (Å²) in [6.45, 7) is 0. The van der Waals surface area contributed by atoms with Crippen molar-refractivity contribution in [2.45, 2.75) is 0 Å². The minimum atomic E-state index is -0.496. The summed E-state index contributed by atoms with van der Waals surface area (Å²) in [4.78, 5) is 0. The first-order valence-corrected chi connectivity index (χ1v) is 5.20. The molecule has 0 amide bonds. The maximum Gasteiger partial charge on any atom is 0.142 e. The fraction of sp³-hybridized carbons (Fsp3) is 0. The molecule has 2 nitrogen and oxygen atoms in total. The van der Waals surface area contributed by atoms with Gasteiger partial charge in [0.2, 0.25) is 0 Å². The van der Waals surface area contributed by atoms with Crippen LogP contribution in [0.1, 0.15) is 5.56 Å². The van der Waals surface area contributed by atoms with E-state index in [0.717, 1.165) is 0 Å². The molecule has 0 saturated carbocycles. The van der Waals surface area contributed by atoms with E-state index in [1.54, 1.807) is 24.3 Å². The predicted octanol–water partition coefficient (Wildman–Crippen LogP) is 4.14. The van der Waals surface area contributed by atoms with Gasteiger partial charge < -0.3 is 4.74 Å². The molecule has 2 rings (SSSR count). The van der Waals surface area contributed by atoms with E-state index < -0.39 is 5.82 Å². The van der Waals surface area contributed by atoms with Crippen molar-refractivity contribution in [1.29, 1.82) is 5.26 Å². The molecule has 0 fully saturated rings. The highest BCUT2D eigenvalue weighted by Crippen LogP contribution is 2.26. The van der Waals surface area contributed by atoms with Gasteiger partial charge in [-0.25, -0.2) is 4.39 Å². The van der Waals surface area contributed by atoms with Crippen molar-refractivity contribution in [3.63, 3.8) is 0 Å². The smallest absolute Gasteiger partial charge is 0.142 e. The molecule has 0 N–H and O–H groups in total. The quantitative estimate of drug-likeness (QED) is 0.799. The lowest BCUT2D eigenvalue weighted by molar-refractivity contribution is 0.480. The molecular weight excluding hydrogens is 241 g/mol. The van der Waals surface area contributed by atoms with Gasteiger partial charge in [0.1, 0.15) is 17.3 Å². The van der Waals surface area contributed by atoms with Gasteiger partial charge in [0.05, 0.1) is 16.7 Å². The first-order chi connectivity index (χ1) is 8.19. The van der Waals surface area contributed by atoms with Gasteiger partial charge in [-0.2, -0.15) is 5.26 Å². The molecular formula is C13H7ClFNO. The number of rotatable bonds is 2. The Bertz CT molecular complexity index is 592. The molecule has 4 heteroatoms. The van der Waals surface area contributed by atoms with E-state index in [4.69, 9.17) is 21.6 Å². The van der Waals surface area contributed by atoms with Crippen molar-refractivity contribution >= 4 is 11.6 Å². The molecule has 0 radical (unpaired) electrons. The zero-order valence-corrected chi connectivity index (χ0v) is 9.41. The van der Waals surface area contributed by atoms with Crippen molar-refractivity contribution in [2.24, 2.45) is 0 Å². The third-order valence-electron chi connectivity index (χ3n) is 2.09. The molecule has 84 valence electrons. The maximum atomic E-state index is 12.9. The second-order valence-corrected chi connectivity index (χ2v) is 3.72. The molecule has 0 aromatic heterocycles. The normalized spacial score (nSPS) is 9.71. The van der Waals surface area contributed by atoms with Crippen LogP contribution in [0, 0.1) is 17.1 Å². The second kappa shape index (κ2) is 4.86. The van der Waals surface area contributed by atoms with E-state index in [1.165, 1.54) is 18.2 Å². The van der Waals surface area contributed by atoms with Crippen LogP contribution in [0.2, 0.25) is 5.02 Å². The van der Waals surface area contributed by atoms with E-state index in [-0.39, 0.29) is 5.02 Å². The zero-order chi connectivity index (χ0) is 12.3. The summed E-state index contributed by atoms with van der Waals surface area (Å²) < 4.78 is 18.4. The topological polar surface area (TPSA) is 33.0 Å². The SMILES string of the molecule is N#Cc1cccc(Oc2ccc(F)c(Cl)c2)c1. The summed E-state index contributed by atoms with van der Waals surface area (Å²) in [5.41, 5.74) is 0.496. The molecule has 0 aliphatic carbocycles. The average Bonchev–Trinajstić information content (AvgIpc) is 2.34. The van der Waals surface area contributed by atoms with Crippen LogP contribution in [0.15, 0.2) is 42.5 Å². The first-order valence-electron chi connectivity index (χ1n) is 4.82. The van der Waals surface area contributed by atoms with E-state index in [1.807, 2.05) is 6.07 Å². The Kier molecular flexibility index (Phi) is 3.27. The molecule has 0 unspecified atom stereocenters. The summed E-state index contributed by atoms with van der Waals surface area (Å²) in [7, 11) is 0. The number of nitriles is 1. The van der Waals surface area contributed by atoms with Crippen molar-refractivity contribution in [1.82, 2.24) is 0 Å². The lowest BCUT2D eigenvalue weighted by atomic mass is 10.2. The molecule has 0 bridgehead atoms. The Morgan fingerprint density at radius 1 is 1.12 bits per heavy atom. The van der Waals surface area contributed by atoms with E-state index in [9.17, 15) is 4.39 Å². The number of nitrogens with zero attached hydrogens (tertiary/aromatic N) is 1. The van der Waals surface area contributed by atoms with Gasteiger partial charge in [-0.15, -0.1) is 0 Å². The second-order valence-electron chi connectivity index (χ2n) is 3.32. The maximum absolute atomic E-state index is 12.9. The van der Waals surface area contributed by atoms with Gasteiger partial charge in [-0.05, 0) is 30.3 Å². The van der Waals surface area contributed by atoms with Crippen LogP contribution in [0.5, 0.6) is 11.5 Å². The number of ether oxygens (including phenoxy) is 1. The summed E-state index contributed by atoms with van der Waals surface area (Å²) in [5.74, 6) is 0.433. The van der Waals surface area contributed by atoms with Gasteiger partial charge in [0.25, 0.3) is 0 Å². The molecule has 17 heavy (non-hydrogen) atoms. The Labute approximate surface area is 103 Å². The van der Waals surface area contributed by atoms with Crippen molar-refractivity contribution in [3.8, 4) is 17.6 Å². The molecule has 0 atom stereocenters. The highest BCUT2D eigenvalue weighted by molar-refractivity contribution is 6.30. The van der Waals surface area contributed by atoms with Gasteiger partial charge in [0.15, 0.2) is 0 Å². The molecule has 2 aromatic carbocycles. The van der Waals surface area contributed by atoms with Crippen LogP contribution in [0.3, 0.4) is 0 Å². The monoisotopic (exact) mass is 247 g/mol. The van der Waals surface area contributed by atoms with E-state index >= 15 is 0 Å². The first kappa shape index (κ1) is 11.4. The van der Waals surface area contributed by atoms with Crippen LogP contribution >= 0.6 is 11.6 Å². The van der Waals surface area contributed by atoms with Crippen LogP contribution in [0.4, 0.5) is 4.39 Å². The van der Waals surface area contributed by atoms with E-state index in [2.05, 4.69) is 0 Å². The molecule has 0 saturated heterocycles. The lowest BCUT2D eigenvalue weighted by Gasteiger charge is -2.06. The van der Waals surface area contributed by atoms with E-state index in [0.29, 0.717) is 17.1 Å². The zero-order valence-electron chi connectivity index (χ0n) is 8.65. The Morgan fingerprint density at radius 3 is 2.59 bits per heavy atom. The molecule has 2 aromatic rings. The number of halogens is 2.